The summed E-state index contributed by atoms with van der Waals surface area (Å²) in [7, 11) is 0. The van der Waals surface area contributed by atoms with Crippen LogP contribution in [0.5, 0.6) is 0 Å². The molecule has 9 rings (SSSR count). The van der Waals surface area contributed by atoms with Crippen molar-refractivity contribution in [3.63, 3.8) is 0 Å². The lowest BCUT2D eigenvalue weighted by molar-refractivity contribution is 0.590. The van der Waals surface area contributed by atoms with E-state index in [1.807, 2.05) is 11.3 Å². The van der Waals surface area contributed by atoms with Gasteiger partial charge < -0.3 is 9.80 Å². The van der Waals surface area contributed by atoms with Gasteiger partial charge in [0.2, 0.25) is 0 Å². The molecule has 0 N–H and O–H groups in total. The van der Waals surface area contributed by atoms with Crippen molar-refractivity contribution in [1.29, 1.82) is 0 Å². The van der Waals surface area contributed by atoms with Crippen molar-refractivity contribution in [2.75, 3.05) is 9.80 Å². The van der Waals surface area contributed by atoms with Crippen LogP contribution in [0.4, 0.5) is 34.1 Å². The maximum atomic E-state index is 2.47. The standard InChI is InChI=1S/C50H40N2S/c1-50(2,3)38-32-45(51(39-21-9-5-10-22-39)41-28-27-35-17-13-14-20-37(35)31-41)49(36-18-7-4-8-19-36)46(33-38)52(40-23-11-6-12-24-40)42-29-30-44-43-25-15-16-26-47(43)53-48(44)34-42/h4-34H,1-3H3. The molecule has 0 radical (unpaired) electrons. The molecule has 0 fully saturated rings. The number of fused-ring (bicyclic) bond motifs is 4. The van der Waals surface area contributed by atoms with E-state index >= 15 is 0 Å². The van der Waals surface area contributed by atoms with Crippen LogP contribution >= 0.6 is 11.3 Å². The Morgan fingerprint density at radius 1 is 0.396 bits per heavy atom. The van der Waals surface area contributed by atoms with Crippen molar-refractivity contribution in [2.24, 2.45) is 0 Å². The van der Waals surface area contributed by atoms with Crippen LogP contribution in [0.25, 0.3) is 42.1 Å². The zero-order chi connectivity index (χ0) is 35.9. The van der Waals surface area contributed by atoms with E-state index in [4.69, 9.17) is 0 Å². The Morgan fingerprint density at radius 3 is 1.55 bits per heavy atom. The highest BCUT2D eigenvalue weighted by Gasteiger charge is 2.28. The highest BCUT2D eigenvalue weighted by Crippen LogP contribution is 2.51. The van der Waals surface area contributed by atoms with Crippen molar-refractivity contribution < 1.29 is 0 Å². The molecule has 3 heteroatoms. The molecule has 0 aliphatic rings. The second-order valence-electron chi connectivity index (χ2n) is 14.7. The highest BCUT2D eigenvalue weighted by atomic mass is 32.1. The Morgan fingerprint density at radius 2 is 0.906 bits per heavy atom. The third-order valence-corrected chi connectivity index (χ3v) is 11.3. The fourth-order valence-electron chi connectivity index (χ4n) is 7.48. The van der Waals surface area contributed by atoms with Crippen molar-refractivity contribution >= 4 is 76.4 Å². The molecule has 0 bridgehead atoms. The first kappa shape index (κ1) is 32.7. The SMILES string of the molecule is CC(C)(C)c1cc(N(c2ccccc2)c2ccc3ccccc3c2)c(-c2ccccc2)c(N(c2ccccc2)c2ccc3c(c2)sc2ccccc23)c1. The van der Waals surface area contributed by atoms with Crippen LogP contribution in [0.3, 0.4) is 0 Å². The predicted octanol–water partition coefficient (Wildman–Crippen LogP) is 15.1. The first-order valence-electron chi connectivity index (χ1n) is 18.3. The Kier molecular flexibility index (Phi) is 8.29. The Hall–Kier alpha value is -6.16. The van der Waals surface area contributed by atoms with Gasteiger partial charge in [-0.25, -0.2) is 0 Å². The topological polar surface area (TPSA) is 6.48 Å². The first-order valence-corrected chi connectivity index (χ1v) is 19.1. The van der Waals surface area contributed by atoms with Crippen LogP contribution in [-0.4, -0.2) is 0 Å². The molecule has 0 amide bonds. The van der Waals surface area contributed by atoms with Gasteiger partial charge in [-0.3, -0.25) is 0 Å². The summed E-state index contributed by atoms with van der Waals surface area (Å²) in [5.74, 6) is 0. The maximum Gasteiger partial charge on any atom is 0.0564 e. The fraction of sp³-hybridized carbons (Fsp3) is 0.0800. The maximum absolute atomic E-state index is 2.47. The number of hydrogen-bond donors (Lipinski definition) is 0. The second kappa shape index (κ2) is 13.4. The van der Waals surface area contributed by atoms with Gasteiger partial charge in [-0.05, 0) is 94.0 Å². The van der Waals surface area contributed by atoms with Crippen molar-refractivity contribution in [1.82, 2.24) is 0 Å². The van der Waals surface area contributed by atoms with Gasteiger partial charge in [-0.2, -0.15) is 0 Å². The molecule has 0 atom stereocenters. The van der Waals surface area contributed by atoms with Crippen LogP contribution in [-0.2, 0) is 5.41 Å². The first-order chi connectivity index (χ1) is 25.9. The van der Waals surface area contributed by atoms with E-state index in [1.165, 1.54) is 36.5 Å². The summed E-state index contributed by atoms with van der Waals surface area (Å²) in [6.07, 6.45) is 0. The van der Waals surface area contributed by atoms with Crippen LogP contribution in [0.2, 0.25) is 0 Å². The normalized spacial score (nSPS) is 11.7. The zero-order valence-electron chi connectivity index (χ0n) is 30.2. The monoisotopic (exact) mass is 700 g/mol. The van der Waals surface area contributed by atoms with Gasteiger partial charge in [0.25, 0.3) is 0 Å². The second-order valence-corrected chi connectivity index (χ2v) is 15.7. The third-order valence-electron chi connectivity index (χ3n) is 10.1. The van der Waals surface area contributed by atoms with Crippen LogP contribution in [0.1, 0.15) is 26.3 Å². The molecular weight excluding hydrogens is 661 g/mol. The van der Waals surface area contributed by atoms with Gasteiger partial charge >= 0.3 is 0 Å². The van der Waals surface area contributed by atoms with E-state index < -0.39 is 0 Å². The van der Waals surface area contributed by atoms with E-state index in [1.54, 1.807) is 0 Å². The summed E-state index contributed by atoms with van der Waals surface area (Å²) < 4.78 is 2.59. The highest BCUT2D eigenvalue weighted by molar-refractivity contribution is 7.25. The van der Waals surface area contributed by atoms with Gasteiger partial charge in [-0.15, -0.1) is 11.3 Å². The minimum atomic E-state index is -0.137. The predicted molar refractivity (Wildman–Crippen MR) is 230 cm³/mol. The van der Waals surface area contributed by atoms with E-state index in [0.29, 0.717) is 0 Å². The molecule has 1 aromatic heterocycles. The number of rotatable bonds is 7. The van der Waals surface area contributed by atoms with Gasteiger partial charge in [0, 0.05) is 48.5 Å². The molecule has 0 spiro atoms. The molecular formula is C50H40N2S. The lowest BCUT2D eigenvalue weighted by Gasteiger charge is -2.35. The molecule has 2 nitrogen and oxygen atoms in total. The van der Waals surface area contributed by atoms with Gasteiger partial charge in [0.05, 0.1) is 11.4 Å². The quantitative estimate of drug-likeness (QED) is 0.163. The number of nitrogens with zero attached hydrogens (tertiary/aromatic N) is 2. The summed E-state index contributed by atoms with van der Waals surface area (Å²) in [5, 5.41) is 5.04. The molecule has 0 saturated heterocycles. The van der Waals surface area contributed by atoms with Crippen molar-refractivity contribution in [2.45, 2.75) is 26.2 Å². The van der Waals surface area contributed by atoms with Gasteiger partial charge in [0.15, 0.2) is 0 Å². The molecule has 0 unspecified atom stereocenters. The Labute approximate surface area is 315 Å². The lowest BCUT2D eigenvalue weighted by Crippen LogP contribution is -2.19. The number of anilines is 6. The van der Waals surface area contributed by atoms with Crippen LogP contribution in [0, 0.1) is 0 Å². The number of hydrogen-bond acceptors (Lipinski definition) is 3. The van der Waals surface area contributed by atoms with E-state index in [-0.39, 0.29) is 5.41 Å². The van der Waals surface area contributed by atoms with Gasteiger partial charge in [-0.1, -0.05) is 142 Å². The number of thiophene rings is 1. The molecule has 0 saturated carbocycles. The van der Waals surface area contributed by atoms with Crippen molar-refractivity contribution in [3.05, 3.63) is 194 Å². The number of benzene rings is 8. The zero-order valence-corrected chi connectivity index (χ0v) is 31.0. The average molecular weight is 701 g/mol. The molecule has 256 valence electrons. The van der Waals surface area contributed by atoms with Crippen LogP contribution < -0.4 is 9.80 Å². The summed E-state index contributed by atoms with van der Waals surface area (Å²) >= 11 is 1.86. The van der Waals surface area contributed by atoms with E-state index in [0.717, 1.165) is 45.3 Å². The summed E-state index contributed by atoms with van der Waals surface area (Å²) in [6, 6.07) is 68.6. The molecule has 8 aromatic carbocycles. The molecule has 0 aliphatic carbocycles. The molecule has 9 aromatic rings. The fourth-order valence-corrected chi connectivity index (χ4v) is 8.62. The summed E-state index contributed by atoms with van der Waals surface area (Å²) in [4.78, 5) is 4.92. The minimum Gasteiger partial charge on any atom is -0.310 e. The van der Waals surface area contributed by atoms with Crippen molar-refractivity contribution in [3.8, 4) is 11.1 Å². The molecule has 0 aliphatic heterocycles. The van der Waals surface area contributed by atoms with Crippen LogP contribution in [0.15, 0.2) is 188 Å². The third kappa shape index (κ3) is 6.13. The Bertz CT molecular complexity index is 2710. The van der Waals surface area contributed by atoms with E-state index in [9.17, 15) is 0 Å². The summed E-state index contributed by atoms with van der Waals surface area (Å²) in [6.45, 7) is 6.95. The molecule has 53 heavy (non-hydrogen) atoms. The smallest absolute Gasteiger partial charge is 0.0564 e. The van der Waals surface area contributed by atoms with E-state index in [2.05, 4.69) is 219 Å². The largest absolute Gasteiger partial charge is 0.310 e. The van der Waals surface area contributed by atoms with Gasteiger partial charge in [0.1, 0.15) is 0 Å². The number of para-hydroxylation sites is 2. The minimum absolute atomic E-state index is 0.137. The average Bonchev–Trinajstić information content (AvgIpc) is 3.57. The Balaban J connectivity index is 1.39. The lowest BCUT2D eigenvalue weighted by atomic mass is 9.84. The molecule has 1 heterocycles. The summed E-state index contributed by atoms with van der Waals surface area (Å²) in [5.41, 5.74) is 10.2.